The molecule has 2 aromatic rings. The molecule has 0 aliphatic rings. The van der Waals surface area contributed by atoms with Gasteiger partial charge < -0.3 is 14.8 Å². The van der Waals surface area contributed by atoms with Gasteiger partial charge in [-0.2, -0.15) is 0 Å². The second-order valence-electron chi connectivity index (χ2n) is 5.70. The molecular formula is C18H25N3O2. The Morgan fingerprint density at radius 1 is 0.783 bits per heavy atom. The van der Waals surface area contributed by atoms with E-state index >= 15 is 0 Å². The van der Waals surface area contributed by atoms with Crippen molar-refractivity contribution in [2.45, 2.75) is 40.8 Å². The predicted octanol–water partition coefficient (Wildman–Crippen LogP) is 3.02. The molecule has 5 nitrogen and oxygen atoms in total. The van der Waals surface area contributed by atoms with Gasteiger partial charge in [-0.15, -0.1) is 0 Å². The van der Waals surface area contributed by atoms with Crippen molar-refractivity contribution in [3.05, 3.63) is 46.0 Å². The van der Waals surface area contributed by atoms with Crippen LogP contribution in [0.2, 0.25) is 0 Å². The molecule has 2 aromatic heterocycles. The van der Waals surface area contributed by atoms with E-state index in [1.807, 2.05) is 40.1 Å². The largest absolute Gasteiger partial charge is 0.496 e. The molecule has 23 heavy (non-hydrogen) atoms. The van der Waals surface area contributed by atoms with E-state index in [1.54, 1.807) is 14.2 Å². The first-order chi connectivity index (χ1) is 11.0. The summed E-state index contributed by atoms with van der Waals surface area (Å²) >= 11 is 0. The van der Waals surface area contributed by atoms with Gasteiger partial charge in [-0.25, -0.2) is 0 Å². The Balaban J connectivity index is 2.09. The third-order valence-corrected chi connectivity index (χ3v) is 4.08. The standard InChI is InChI=1S/C18H25N3O2/c1-11-7-20-15(13(3)17(11)22-5)9-19-10-16-14(4)18(23-6)12(2)8-21-16/h7-8,19H,9-10H2,1-6H3. The third kappa shape index (κ3) is 3.62. The number of pyridine rings is 2. The van der Waals surface area contributed by atoms with Crippen molar-refractivity contribution >= 4 is 0 Å². The van der Waals surface area contributed by atoms with Crippen LogP contribution >= 0.6 is 0 Å². The van der Waals surface area contributed by atoms with Gasteiger partial charge in [-0.3, -0.25) is 9.97 Å². The van der Waals surface area contributed by atoms with Crippen LogP contribution in [-0.4, -0.2) is 24.2 Å². The first-order valence-electron chi connectivity index (χ1n) is 7.68. The molecule has 124 valence electrons. The van der Waals surface area contributed by atoms with E-state index in [4.69, 9.17) is 9.47 Å². The van der Waals surface area contributed by atoms with Gasteiger partial charge in [-0.05, 0) is 27.7 Å². The minimum absolute atomic E-state index is 0.666. The number of nitrogens with one attached hydrogen (secondary N) is 1. The van der Waals surface area contributed by atoms with Gasteiger partial charge in [-0.1, -0.05) is 0 Å². The van der Waals surface area contributed by atoms with Crippen LogP contribution in [0.15, 0.2) is 12.4 Å². The lowest BCUT2D eigenvalue weighted by atomic mass is 10.1. The van der Waals surface area contributed by atoms with Gasteiger partial charge in [0.05, 0.1) is 25.6 Å². The van der Waals surface area contributed by atoms with Crippen molar-refractivity contribution in [2.24, 2.45) is 0 Å². The molecule has 0 aliphatic heterocycles. The number of methoxy groups -OCH3 is 2. The van der Waals surface area contributed by atoms with Crippen molar-refractivity contribution in [3.8, 4) is 11.5 Å². The number of hydrogen-bond donors (Lipinski definition) is 1. The Bertz CT molecular complexity index is 640. The number of rotatable bonds is 6. The van der Waals surface area contributed by atoms with Crippen LogP contribution in [0.25, 0.3) is 0 Å². The molecule has 0 radical (unpaired) electrons. The number of aryl methyl sites for hydroxylation is 2. The molecular weight excluding hydrogens is 290 g/mol. The van der Waals surface area contributed by atoms with Crippen molar-refractivity contribution < 1.29 is 9.47 Å². The van der Waals surface area contributed by atoms with Crippen molar-refractivity contribution in [3.63, 3.8) is 0 Å². The summed E-state index contributed by atoms with van der Waals surface area (Å²) in [6.07, 6.45) is 3.70. The normalized spacial score (nSPS) is 10.7. The zero-order valence-corrected chi connectivity index (χ0v) is 14.8. The van der Waals surface area contributed by atoms with Crippen molar-refractivity contribution in [1.82, 2.24) is 15.3 Å². The second-order valence-corrected chi connectivity index (χ2v) is 5.70. The summed E-state index contributed by atoms with van der Waals surface area (Å²) in [4.78, 5) is 9.00. The Morgan fingerprint density at radius 2 is 1.17 bits per heavy atom. The number of nitrogens with zero attached hydrogens (tertiary/aromatic N) is 2. The van der Waals surface area contributed by atoms with Crippen LogP contribution in [0.5, 0.6) is 11.5 Å². The molecule has 0 aliphatic carbocycles. The topological polar surface area (TPSA) is 56.3 Å². The van der Waals surface area contributed by atoms with Gasteiger partial charge in [0, 0.05) is 47.7 Å². The first-order valence-corrected chi connectivity index (χ1v) is 7.68. The van der Waals surface area contributed by atoms with E-state index in [-0.39, 0.29) is 0 Å². The fourth-order valence-electron chi connectivity index (χ4n) is 2.80. The SMILES string of the molecule is COc1c(C)cnc(CNCc2ncc(C)c(OC)c2C)c1C. The van der Waals surface area contributed by atoms with Gasteiger partial charge in [0.25, 0.3) is 0 Å². The van der Waals surface area contributed by atoms with Crippen LogP contribution in [0.3, 0.4) is 0 Å². The summed E-state index contributed by atoms with van der Waals surface area (Å²) in [5.41, 5.74) is 6.23. The Hall–Kier alpha value is -2.14. The molecule has 2 rings (SSSR count). The van der Waals surface area contributed by atoms with Crippen LogP contribution in [0.1, 0.15) is 33.6 Å². The molecule has 0 fully saturated rings. The minimum Gasteiger partial charge on any atom is -0.496 e. The molecule has 1 N–H and O–H groups in total. The van der Waals surface area contributed by atoms with Crippen LogP contribution in [0.4, 0.5) is 0 Å². The molecule has 0 saturated heterocycles. The fourth-order valence-corrected chi connectivity index (χ4v) is 2.80. The summed E-state index contributed by atoms with van der Waals surface area (Å²) in [5, 5.41) is 3.41. The molecule has 0 atom stereocenters. The maximum Gasteiger partial charge on any atom is 0.128 e. The number of ether oxygens (including phenoxy) is 2. The summed E-state index contributed by atoms with van der Waals surface area (Å²) in [5.74, 6) is 1.81. The Kier molecular flexibility index (Phi) is 5.55. The summed E-state index contributed by atoms with van der Waals surface area (Å²) in [7, 11) is 3.39. The number of aromatic nitrogens is 2. The molecule has 0 aromatic carbocycles. The van der Waals surface area contributed by atoms with Gasteiger partial charge in [0.1, 0.15) is 11.5 Å². The van der Waals surface area contributed by atoms with Crippen molar-refractivity contribution in [2.75, 3.05) is 14.2 Å². The highest BCUT2D eigenvalue weighted by Gasteiger charge is 2.11. The summed E-state index contributed by atoms with van der Waals surface area (Å²) in [6.45, 7) is 9.41. The lowest BCUT2D eigenvalue weighted by molar-refractivity contribution is 0.405. The highest BCUT2D eigenvalue weighted by atomic mass is 16.5. The minimum atomic E-state index is 0.666. The molecule has 0 bridgehead atoms. The van der Waals surface area contributed by atoms with Crippen LogP contribution < -0.4 is 14.8 Å². The van der Waals surface area contributed by atoms with E-state index in [1.165, 1.54) is 0 Å². The van der Waals surface area contributed by atoms with E-state index in [0.29, 0.717) is 13.1 Å². The average molecular weight is 315 g/mol. The maximum atomic E-state index is 5.45. The smallest absolute Gasteiger partial charge is 0.128 e. The molecule has 2 heterocycles. The monoisotopic (exact) mass is 315 g/mol. The zero-order valence-electron chi connectivity index (χ0n) is 14.8. The van der Waals surface area contributed by atoms with Crippen LogP contribution in [-0.2, 0) is 13.1 Å². The Morgan fingerprint density at radius 3 is 1.52 bits per heavy atom. The average Bonchev–Trinajstić information content (AvgIpc) is 2.52. The lowest BCUT2D eigenvalue weighted by Gasteiger charge is -2.14. The van der Waals surface area contributed by atoms with E-state index in [2.05, 4.69) is 15.3 Å². The van der Waals surface area contributed by atoms with Crippen LogP contribution in [0, 0.1) is 27.7 Å². The van der Waals surface area contributed by atoms with E-state index < -0.39 is 0 Å². The predicted molar refractivity (Wildman–Crippen MR) is 91.1 cm³/mol. The summed E-state index contributed by atoms with van der Waals surface area (Å²) < 4.78 is 10.9. The van der Waals surface area contributed by atoms with E-state index in [0.717, 1.165) is 45.1 Å². The highest BCUT2D eigenvalue weighted by Crippen LogP contribution is 2.25. The summed E-state index contributed by atoms with van der Waals surface area (Å²) in [6, 6.07) is 0. The zero-order chi connectivity index (χ0) is 17.0. The fraction of sp³-hybridized carbons (Fsp3) is 0.444. The third-order valence-electron chi connectivity index (χ3n) is 4.08. The van der Waals surface area contributed by atoms with Gasteiger partial charge in [0.15, 0.2) is 0 Å². The number of hydrogen-bond acceptors (Lipinski definition) is 5. The molecule has 0 amide bonds. The van der Waals surface area contributed by atoms with Crippen molar-refractivity contribution in [1.29, 1.82) is 0 Å². The molecule has 5 heteroatoms. The second kappa shape index (κ2) is 7.42. The molecule has 0 unspecified atom stereocenters. The first kappa shape index (κ1) is 17.2. The lowest BCUT2D eigenvalue weighted by Crippen LogP contribution is -2.17. The highest BCUT2D eigenvalue weighted by molar-refractivity contribution is 5.42. The van der Waals surface area contributed by atoms with E-state index in [9.17, 15) is 0 Å². The molecule has 0 saturated carbocycles. The quantitative estimate of drug-likeness (QED) is 0.888. The Labute approximate surface area is 138 Å². The molecule has 0 spiro atoms. The maximum absolute atomic E-state index is 5.45. The van der Waals surface area contributed by atoms with Gasteiger partial charge >= 0.3 is 0 Å². The van der Waals surface area contributed by atoms with Gasteiger partial charge in [0.2, 0.25) is 0 Å².